The monoisotopic (exact) mass is 411 g/mol. The molecule has 0 aromatic carbocycles. The molecule has 0 aromatic heterocycles. The third-order valence-corrected chi connectivity index (χ3v) is 4.23. The normalized spacial score (nSPS) is 19.5. The predicted octanol–water partition coefficient (Wildman–Crippen LogP) is 0.00970. The zero-order chi connectivity index (χ0) is 22.4. The summed E-state index contributed by atoms with van der Waals surface area (Å²) in [6.45, 7) is 9.96. The molecule has 1 saturated heterocycles. The minimum Gasteiger partial charge on any atom is -0.444 e. The minimum atomic E-state index is -0.915. The molecule has 3 N–H and O–H groups in total. The van der Waals surface area contributed by atoms with Crippen molar-refractivity contribution in [1.82, 2.24) is 20.9 Å². The van der Waals surface area contributed by atoms with Crippen LogP contribution in [0.2, 0.25) is 0 Å². The Morgan fingerprint density at radius 1 is 1.03 bits per heavy atom. The number of hydrogen-bond acceptors (Lipinski definition) is 6. The van der Waals surface area contributed by atoms with Crippen LogP contribution in [0.25, 0.3) is 0 Å². The Hall–Kier alpha value is -2.65. The molecule has 1 fully saturated rings. The van der Waals surface area contributed by atoms with Crippen LogP contribution in [0.5, 0.6) is 0 Å². The van der Waals surface area contributed by atoms with Crippen molar-refractivity contribution in [1.29, 1.82) is 0 Å². The third kappa shape index (κ3) is 7.71. The average molecular weight is 411 g/mol. The van der Waals surface area contributed by atoms with Crippen molar-refractivity contribution in [3.8, 4) is 0 Å². The maximum Gasteiger partial charge on any atom is 0.408 e. The highest BCUT2D eigenvalue weighted by Gasteiger charge is 2.37. The predicted molar refractivity (Wildman–Crippen MR) is 104 cm³/mol. The molecule has 163 valence electrons. The summed E-state index contributed by atoms with van der Waals surface area (Å²) in [6, 6.07) is -3.28. The molecule has 1 radical (unpaired) electrons. The maximum atomic E-state index is 12.7. The Morgan fingerprint density at radius 3 is 2.21 bits per heavy atom. The van der Waals surface area contributed by atoms with E-state index in [-0.39, 0.29) is 0 Å². The number of carbonyl (C=O) groups excluding carboxylic acids is 5. The van der Waals surface area contributed by atoms with E-state index in [0.717, 1.165) is 0 Å². The number of amides is 4. The highest BCUT2D eigenvalue weighted by Crippen LogP contribution is 2.18. The number of rotatable bonds is 7. The summed E-state index contributed by atoms with van der Waals surface area (Å²) in [6.07, 6.45) is 2.04. The smallest absolute Gasteiger partial charge is 0.408 e. The van der Waals surface area contributed by atoms with Gasteiger partial charge in [-0.1, -0.05) is 0 Å². The van der Waals surface area contributed by atoms with Crippen molar-refractivity contribution in [2.24, 2.45) is 0 Å². The van der Waals surface area contributed by atoms with Crippen molar-refractivity contribution in [2.45, 2.75) is 84.2 Å². The summed E-state index contributed by atoms with van der Waals surface area (Å²) in [5.41, 5.74) is -0.700. The summed E-state index contributed by atoms with van der Waals surface area (Å²) in [4.78, 5) is 61.1. The van der Waals surface area contributed by atoms with Gasteiger partial charge in [0.15, 0.2) is 0 Å². The molecule has 29 heavy (non-hydrogen) atoms. The first-order valence-corrected chi connectivity index (χ1v) is 9.64. The van der Waals surface area contributed by atoms with E-state index in [1.54, 1.807) is 27.1 Å². The van der Waals surface area contributed by atoms with E-state index in [2.05, 4.69) is 16.0 Å². The van der Waals surface area contributed by atoms with Gasteiger partial charge in [-0.3, -0.25) is 19.2 Å². The zero-order valence-corrected chi connectivity index (χ0v) is 17.8. The molecule has 1 aliphatic rings. The first kappa shape index (κ1) is 24.4. The van der Waals surface area contributed by atoms with Gasteiger partial charge in [-0.05, 0) is 54.4 Å². The van der Waals surface area contributed by atoms with E-state index in [1.165, 1.54) is 25.7 Å². The van der Waals surface area contributed by atoms with E-state index >= 15 is 0 Å². The van der Waals surface area contributed by atoms with Crippen LogP contribution < -0.4 is 16.0 Å². The lowest BCUT2D eigenvalue weighted by Crippen LogP contribution is -2.55. The standard InChI is InChI=1S/C19H31N4O6/c1-11(10-24)20-16(26)14-8-7-9-23(14)17(27)13(3)21-15(25)12(2)22-18(28)29-19(4,5)6/h11-14H,7-9H2,1-6H3,(H,20,26)(H,21,25)(H,22,28)/t11-,12-,13-,14-/m0/s1. The molecule has 0 spiro atoms. The first-order chi connectivity index (χ1) is 13.4. The van der Waals surface area contributed by atoms with Gasteiger partial charge in [0, 0.05) is 6.54 Å². The molecule has 10 nitrogen and oxygen atoms in total. The van der Waals surface area contributed by atoms with Crippen LogP contribution in [-0.4, -0.2) is 71.3 Å². The molecule has 1 aliphatic heterocycles. The van der Waals surface area contributed by atoms with Gasteiger partial charge >= 0.3 is 6.09 Å². The largest absolute Gasteiger partial charge is 0.444 e. The lowest BCUT2D eigenvalue weighted by Gasteiger charge is -2.28. The highest BCUT2D eigenvalue weighted by molar-refractivity contribution is 5.94. The molecular formula is C19H31N4O6. The lowest BCUT2D eigenvalue weighted by atomic mass is 10.1. The molecular weight excluding hydrogens is 380 g/mol. The van der Waals surface area contributed by atoms with Crippen LogP contribution in [0.4, 0.5) is 4.79 Å². The highest BCUT2D eigenvalue weighted by atomic mass is 16.6. The number of nitrogens with one attached hydrogen (secondary N) is 3. The number of carbonyl (C=O) groups is 4. The molecule has 0 unspecified atom stereocenters. The van der Waals surface area contributed by atoms with Crippen molar-refractivity contribution in [2.75, 3.05) is 6.54 Å². The molecule has 1 heterocycles. The number of ether oxygens (including phenoxy) is 1. The van der Waals surface area contributed by atoms with E-state index in [0.29, 0.717) is 19.4 Å². The van der Waals surface area contributed by atoms with Crippen molar-refractivity contribution >= 4 is 30.1 Å². The van der Waals surface area contributed by atoms with Gasteiger partial charge in [0.2, 0.25) is 24.0 Å². The van der Waals surface area contributed by atoms with Gasteiger partial charge < -0.3 is 25.6 Å². The maximum absolute atomic E-state index is 12.7. The SMILES string of the molecule is C[C@H](NC(=O)OC(C)(C)C)C(=O)N[C@@H](C)C(=O)N1CCC[C@H]1C(=O)N[C@@H](C)[C]=O. The van der Waals surface area contributed by atoms with Crippen molar-refractivity contribution in [3.63, 3.8) is 0 Å². The minimum absolute atomic E-state index is 0.377. The quantitative estimate of drug-likeness (QED) is 0.540. The molecule has 0 bridgehead atoms. The zero-order valence-electron chi connectivity index (χ0n) is 17.8. The van der Waals surface area contributed by atoms with Crippen LogP contribution in [0.15, 0.2) is 0 Å². The van der Waals surface area contributed by atoms with Gasteiger partial charge in [0.05, 0.1) is 6.04 Å². The molecule has 0 aromatic rings. The Labute approximate surface area is 171 Å². The Kier molecular flexibility index (Phi) is 8.59. The second-order valence-electron chi connectivity index (χ2n) is 8.14. The molecule has 0 aliphatic carbocycles. The molecule has 4 amide bonds. The van der Waals surface area contributed by atoms with Crippen LogP contribution in [0.3, 0.4) is 0 Å². The van der Waals surface area contributed by atoms with E-state index in [4.69, 9.17) is 4.74 Å². The number of nitrogens with zero attached hydrogens (tertiary/aromatic N) is 1. The van der Waals surface area contributed by atoms with Gasteiger partial charge in [0.1, 0.15) is 23.7 Å². The Balaban J connectivity index is 2.63. The summed E-state index contributed by atoms with van der Waals surface area (Å²) >= 11 is 0. The number of likely N-dealkylation sites (tertiary alicyclic amines) is 1. The van der Waals surface area contributed by atoms with Gasteiger partial charge in [-0.2, -0.15) is 0 Å². The van der Waals surface area contributed by atoms with Crippen molar-refractivity contribution < 1.29 is 28.7 Å². The van der Waals surface area contributed by atoms with Crippen LogP contribution in [-0.2, 0) is 23.9 Å². The van der Waals surface area contributed by atoms with Gasteiger partial charge in [0.25, 0.3) is 0 Å². The Morgan fingerprint density at radius 2 is 1.66 bits per heavy atom. The van der Waals surface area contributed by atoms with E-state index in [9.17, 15) is 24.0 Å². The second-order valence-corrected chi connectivity index (χ2v) is 8.14. The summed E-state index contributed by atoms with van der Waals surface area (Å²) in [7, 11) is 0. The average Bonchev–Trinajstić information content (AvgIpc) is 3.08. The molecule has 1 rings (SSSR count). The summed E-state index contributed by atoms with van der Waals surface area (Å²) in [5, 5.41) is 7.44. The third-order valence-electron chi connectivity index (χ3n) is 4.23. The number of alkyl carbamates (subject to hydrolysis) is 1. The fraction of sp³-hybridized carbons (Fsp3) is 0.737. The van der Waals surface area contributed by atoms with Crippen LogP contribution >= 0.6 is 0 Å². The fourth-order valence-corrected chi connectivity index (χ4v) is 2.84. The van der Waals surface area contributed by atoms with E-state index < -0.39 is 53.6 Å². The lowest BCUT2D eigenvalue weighted by molar-refractivity contribution is -0.141. The van der Waals surface area contributed by atoms with E-state index in [1.807, 2.05) is 0 Å². The van der Waals surface area contributed by atoms with Gasteiger partial charge in [-0.15, -0.1) is 0 Å². The molecule has 10 heteroatoms. The first-order valence-electron chi connectivity index (χ1n) is 9.64. The number of hydrogen-bond donors (Lipinski definition) is 3. The summed E-state index contributed by atoms with van der Waals surface area (Å²) in [5.74, 6) is -1.39. The van der Waals surface area contributed by atoms with Crippen LogP contribution in [0.1, 0.15) is 54.4 Å². The fourth-order valence-electron chi connectivity index (χ4n) is 2.84. The Bertz CT molecular complexity index is 645. The second kappa shape index (κ2) is 10.2. The van der Waals surface area contributed by atoms with Crippen molar-refractivity contribution in [3.05, 3.63) is 0 Å². The molecule has 4 atom stereocenters. The topological polar surface area (TPSA) is 134 Å². The van der Waals surface area contributed by atoms with Crippen LogP contribution in [0, 0.1) is 0 Å². The molecule has 0 saturated carbocycles. The van der Waals surface area contributed by atoms with Gasteiger partial charge in [-0.25, -0.2) is 4.79 Å². The summed E-state index contributed by atoms with van der Waals surface area (Å²) < 4.78 is 5.10.